The number of hydrogen-bond donors (Lipinski definition) is 0. The van der Waals surface area contributed by atoms with E-state index in [1.165, 1.54) is 19.4 Å². The van der Waals surface area contributed by atoms with Crippen molar-refractivity contribution in [3.8, 4) is 0 Å². The molecule has 0 unspecified atom stereocenters. The second-order valence-electron chi connectivity index (χ2n) is 2.86. The molecule has 12 heavy (non-hydrogen) atoms. The second kappa shape index (κ2) is 7.87. The van der Waals surface area contributed by atoms with Gasteiger partial charge in [-0.05, 0) is 17.4 Å². The van der Waals surface area contributed by atoms with Crippen molar-refractivity contribution in [2.24, 2.45) is 0 Å². The van der Waals surface area contributed by atoms with Crippen molar-refractivity contribution in [3.05, 3.63) is 12.4 Å². The van der Waals surface area contributed by atoms with E-state index >= 15 is 0 Å². The summed E-state index contributed by atoms with van der Waals surface area (Å²) in [5, 5.41) is 0. The van der Waals surface area contributed by atoms with Gasteiger partial charge in [-0.3, -0.25) is 0 Å². The molecule has 0 saturated carbocycles. The molecule has 0 radical (unpaired) electrons. The molecule has 0 amide bonds. The summed E-state index contributed by atoms with van der Waals surface area (Å²) in [4.78, 5) is 4.53. The van der Waals surface area contributed by atoms with Crippen molar-refractivity contribution in [3.63, 3.8) is 0 Å². The largest absolute Gasteiger partial charge is 0.362 e. The van der Waals surface area contributed by atoms with Gasteiger partial charge in [0.15, 0.2) is 0 Å². The van der Waals surface area contributed by atoms with Crippen LogP contribution in [0.5, 0.6) is 0 Å². The van der Waals surface area contributed by atoms with Crippen LogP contribution in [0.3, 0.4) is 0 Å². The number of hydrogen-bond acceptors (Lipinski definition) is 2. The van der Waals surface area contributed by atoms with Crippen LogP contribution in [0, 0.1) is 0 Å². The Morgan fingerprint density at radius 1 is 1.33 bits per heavy atom. The van der Waals surface area contributed by atoms with Gasteiger partial charge in [-0.25, -0.2) is 0 Å². The van der Waals surface area contributed by atoms with E-state index in [4.69, 9.17) is 0 Å². The quantitative estimate of drug-likeness (QED) is 0.665. The van der Waals surface area contributed by atoms with Crippen molar-refractivity contribution in [1.29, 1.82) is 0 Å². The summed E-state index contributed by atoms with van der Waals surface area (Å²) in [6.07, 6.45) is 6.87. The number of rotatable bonds is 3. The van der Waals surface area contributed by atoms with Crippen molar-refractivity contribution in [1.82, 2.24) is 9.80 Å². The zero-order valence-electron chi connectivity index (χ0n) is 7.29. The molecule has 0 aromatic carbocycles. The smallest absolute Gasteiger partial charge is 0.0890 e. The standard InChI is InChI=1S/C8H16N2.Mo.H4Si/c1-3-4-5-10-7-6-9(2)8-10;;/h6-7H,3-5,8H2,1-2H3;;1H4. The molecule has 0 fully saturated rings. The predicted octanol–water partition coefficient (Wildman–Crippen LogP) is 0.00850. The van der Waals surface area contributed by atoms with E-state index in [1.807, 2.05) is 0 Å². The Morgan fingerprint density at radius 2 is 2.00 bits per heavy atom. The van der Waals surface area contributed by atoms with Crippen molar-refractivity contribution in [2.75, 3.05) is 20.3 Å². The fourth-order valence-corrected chi connectivity index (χ4v) is 1.10. The molecule has 72 valence electrons. The van der Waals surface area contributed by atoms with Crippen LogP contribution in [0.1, 0.15) is 19.8 Å². The molecule has 1 aliphatic rings. The van der Waals surface area contributed by atoms with Gasteiger partial charge in [-0.2, -0.15) is 0 Å². The molecule has 0 aromatic rings. The van der Waals surface area contributed by atoms with Crippen LogP contribution in [0.25, 0.3) is 0 Å². The van der Waals surface area contributed by atoms with E-state index in [0.29, 0.717) is 0 Å². The van der Waals surface area contributed by atoms with Crippen LogP contribution in [0.15, 0.2) is 12.4 Å². The van der Waals surface area contributed by atoms with Gasteiger partial charge in [-0.15, -0.1) is 0 Å². The third-order valence-electron chi connectivity index (χ3n) is 1.74. The Labute approximate surface area is 94.3 Å². The maximum atomic E-state index is 2.34. The van der Waals surface area contributed by atoms with Crippen LogP contribution in [0.2, 0.25) is 0 Å². The summed E-state index contributed by atoms with van der Waals surface area (Å²) in [5.74, 6) is 0. The summed E-state index contributed by atoms with van der Waals surface area (Å²) in [5.41, 5.74) is 0. The van der Waals surface area contributed by atoms with Crippen LogP contribution in [-0.4, -0.2) is 41.0 Å². The summed E-state index contributed by atoms with van der Waals surface area (Å²) in [7, 11) is 2.10. The van der Waals surface area contributed by atoms with E-state index < -0.39 is 0 Å². The number of unbranched alkanes of at least 4 members (excludes halogenated alkanes) is 1. The summed E-state index contributed by atoms with van der Waals surface area (Å²) >= 11 is 0. The second-order valence-corrected chi connectivity index (χ2v) is 2.86. The Bertz CT molecular complexity index is 130. The molecule has 0 atom stereocenters. The first-order valence-corrected chi connectivity index (χ1v) is 3.95. The van der Waals surface area contributed by atoms with Gasteiger partial charge < -0.3 is 9.80 Å². The summed E-state index contributed by atoms with van der Waals surface area (Å²) in [6, 6.07) is 0. The average molecular weight is 268 g/mol. The summed E-state index contributed by atoms with van der Waals surface area (Å²) < 4.78 is 0. The molecule has 0 saturated heterocycles. The minimum atomic E-state index is 0. The fraction of sp³-hybridized carbons (Fsp3) is 0.750. The van der Waals surface area contributed by atoms with Crippen LogP contribution in [0.4, 0.5) is 0 Å². The van der Waals surface area contributed by atoms with E-state index in [1.54, 1.807) is 0 Å². The van der Waals surface area contributed by atoms with Crippen molar-refractivity contribution >= 4 is 11.0 Å². The molecular formula is C8H20MoN2Si. The Balaban J connectivity index is 0. The maximum absolute atomic E-state index is 2.34. The summed E-state index contributed by atoms with van der Waals surface area (Å²) in [6.45, 7) is 4.50. The van der Waals surface area contributed by atoms with E-state index in [-0.39, 0.29) is 32.0 Å². The monoisotopic (exact) mass is 270 g/mol. The molecule has 0 aromatic heterocycles. The van der Waals surface area contributed by atoms with Crippen LogP contribution >= 0.6 is 0 Å². The first kappa shape index (κ1) is 14.8. The Kier molecular flexibility index (Phi) is 9.68. The van der Waals surface area contributed by atoms with Gasteiger partial charge >= 0.3 is 0 Å². The van der Waals surface area contributed by atoms with E-state index in [2.05, 4.69) is 36.2 Å². The Morgan fingerprint density at radius 3 is 2.42 bits per heavy atom. The third-order valence-corrected chi connectivity index (χ3v) is 1.74. The predicted molar refractivity (Wildman–Crippen MR) is 54.7 cm³/mol. The van der Waals surface area contributed by atoms with Gasteiger partial charge in [0.05, 0.1) is 6.67 Å². The van der Waals surface area contributed by atoms with Gasteiger partial charge in [0.25, 0.3) is 0 Å². The average Bonchev–Trinajstić information content (AvgIpc) is 2.31. The minimum absolute atomic E-state index is 0. The maximum Gasteiger partial charge on any atom is 0.0890 e. The van der Waals surface area contributed by atoms with E-state index in [9.17, 15) is 0 Å². The molecule has 2 nitrogen and oxygen atoms in total. The Hall–Kier alpha value is 0.245. The molecule has 4 heteroatoms. The van der Waals surface area contributed by atoms with Crippen molar-refractivity contribution < 1.29 is 21.1 Å². The zero-order chi connectivity index (χ0) is 7.40. The molecular weight excluding hydrogens is 248 g/mol. The molecule has 1 rings (SSSR count). The van der Waals surface area contributed by atoms with Crippen molar-refractivity contribution in [2.45, 2.75) is 19.8 Å². The minimum Gasteiger partial charge on any atom is -0.362 e. The molecule has 0 spiro atoms. The topological polar surface area (TPSA) is 6.48 Å². The molecule has 0 aliphatic carbocycles. The molecule has 0 bridgehead atoms. The van der Waals surface area contributed by atoms with Gasteiger partial charge in [0, 0.05) is 47.1 Å². The molecule has 1 heterocycles. The van der Waals surface area contributed by atoms with Crippen LogP contribution in [-0.2, 0) is 21.1 Å². The number of nitrogens with zero attached hydrogens (tertiary/aromatic N) is 2. The van der Waals surface area contributed by atoms with Crippen LogP contribution < -0.4 is 0 Å². The molecule has 1 aliphatic heterocycles. The normalized spacial score (nSPS) is 14.2. The van der Waals surface area contributed by atoms with Gasteiger partial charge in [0.2, 0.25) is 0 Å². The zero-order valence-corrected chi connectivity index (χ0v) is 9.29. The van der Waals surface area contributed by atoms with E-state index in [0.717, 1.165) is 6.67 Å². The first-order chi connectivity index (χ1) is 4.83. The fourth-order valence-electron chi connectivity index (χ4n) is 1.10. The molecule has 0 N–H and O–H groups in total. The first-order valence-electron chi connectivity index (χ1n) is 3.95. The van der Waals surface area contributed by atoms with Gasteiger partial charge in [-0.1, -0.05) is 13.3 Å². The van der Waals surface area contributed by atoms with Gasteiger partial charge in [0.1, 0.15) is 0 Å². The SMILES string of the molecule is CCCCN1C=CN(C)C1.[Mo].[SiH4]. The third kappa shape index (κ3) is 4.99.